The van der Waals surface area contributed by atoms with Crippen molar-refractivity contribution in [1.29, 1.82) is 0 Å². The van der Waals surface area contributed by atoms with E-state index in [0.717, 1.165) is 51.0 Å². The van der Waals surface area contributed by atoms with E-state index in [-0.39, 0.29) is 16.8 Å². The van der Waals surface area contributed by atoms with Crippen LogP contribution in [0.2, 0.25) is 0 Å². The molecule has 2 N–H and O–H groups in total. The molecule has 5 heteroatoms. The standard InChI is InChI=1S/C16H23FN2O2/c17-13-1-2-14(19-11-13)15(3-7-18)4-10-21-16(12-15)5-8-20-9-6-16/h1-2,11H,3-10,12,18H2. The van der Waals surface area contributed by atoms with Crippen LogP contribution in [0, 0.1) is 5.82 Å². The van der Waals surface area contributed by atoms with Crippen molar-refractivity contribution >= 4 is 0 Å². The topological polar surface area (TPSA) is 57.4 Å². The summed E-state index contributed by atoms with van der Waals surface area (Å²) in [6.07, 6.45) is 5.79. The molecule has 21 heavy (non-hydrogen) atoms. The lowest BCUT2D eigenvalue weighted by Crippen LogP contribution is -2.51. The summed E-state index contributed by atoms with van der Waals surface area (Å²) in [6.45, 7) is 2.80. The Morgan fingerprint density at radius 3 is 2.67 bits per heavy atom. The smallest absolute Gasteiger partial charge is 0.141 e. The van der Waals surface area contributed by atoms with Gasteiger partial charge in [-0.3, -0.25) is 4.98 Å². The van der Waals surface area contributed by atoms with Crippen LogP contribution in [-0.4, -0.2) is 37.0 Å². The van der Waals surface area contributed by atoms with E-state index in [1.807, 2.05) is 6.07 Å². The van der Waals surface area contributed by atoms with Crippen molar-refractivity contribution in [3.63, 3.8) is 0 Å². The van der Waals surface area contributed by atoms with Gasteiger partial charge in [0.15, 0.2) is 0 Å². The number of halogens is 1. The number of ether oxygens (including phenoxy) is 2. The maximum atomic E-state index is 13.2. The zero-order valence-electron chi connectivity index (χ0n) is 12.3. The maximum absolute atomic E-state index is 13.2. The average molecular weight is 294 g/mol. The van der Waals surface area contributed by atoms with Crippen LogP contribution in [0.25, 0.3) is 0 Å². The minimum Gasteiger partial charge on any atom is -0.381 e. The van der Waals surface area contributed by atoms with Crippen LogP contribution in [0.1, 0.15) is 37.8 Å². The predicted octanol–water partition coefficient (Wildman–Crippen LogP) is 2.17. The van der Waals surface area contributed by atoms with Crippen molar-refractivity contribution in [1.82, 2.24) is 4.98 Å². The van der Waals surface area contributed by atoms with Gasteiger partial charge in [0.1, 0.15) is 5.82 Å². The van der Waals surface area contributed by atoms with Crippen LogP contribution in [0.4, 0.5) is 4.39 Å². The number of hydrogen-bond donors (Lipinski definition) is 1. The van der Waals surface area contributed by atoms with Gasteiger partial charge in [0.25, 0.3) is 0 Å². The summed E-state index contributed by atoms with van der Waals surface area (Å²) < 4.78 is 24.8. The second kappa shape index (κ2) is 5.99. The van der Waals surface area contributed by atoms with Crippen LogP contribution in [0.3, 0.4) is 0 Å². The maximum Gasteiger partial charge on any atom is 0.141 e. The van der Waals surface area contributed by atoms with Crippen molar-refractivity contribution in [2.24, 2.45) is 5.73 Å². The van der Waals surface area contributed by atoms with E-state index in [2.05, 4.69) is 4.98 Å². The summed E-state index contributed by atoms with van der Waals surface area (Å²) >= 11 is 0. The van der Waals surface area contributed by atoms with Gasteiger partial charge in [0.05, 0.1) is 11.8 Å². The summed E-state index contributed by atoms with van der Waals surface area (Å²) in [5.74, 6) is -0.297. The van der Waals surface area contributed by atoms with Crippen LogP contribution >= 0.6 is 0 Å². The summed E-state index contributed by atoms with van der Waals surface area (Å²) in [6, 6.07) is 3.30. The Bertz CT molecular complexity index is 464. The minimum absolute atomic E-state index is 0.0992. The lowest BCUT2D eigenvalue weighted by atomic mass is 9.66. The highest BCUT2D eigenvalue weighted by Crippen LogP contribution is 2.46. The highest BCUT2D eigenvalue weighted by molar-refractivity contribution is 5.21. The highest BCUT2D eigenvalue weighted by Gasteiger charge is 2.47. The quantitative estimate of drug-likeness (QED) is 0.928. The van der Waals surface area contributed by atoms with Gasteiger partial charge >= 0.3 is 0 Å². The van der Waals surface area contributed by atoms with E-state index in [4.69, 9.17) is 15.2 Å². The largest absolute Gasteiger partial charge is 0.381 e. The summed E-state index contributed by atoms with van der Waals surface area (Å²) in [4.78, 5) is 4.35. The van der Waals surface area contributed by atoms with Crippen molar-refractivity contribution in [3.8, 4) is 0 Å². The Hall–Kier alpha value is -1.04. The fourth-order valence-electron chi connectivity index (χ4n) is 3.81. The SMILES string of the molecule is NCCC1(c2ccc(F)cn2)CCOC2(CCOCC2)C1. The molecule has 1 spiro atoms. The third-order valence-electron chi connectivity index (χ3n) is 4.95. The van der Waals surface area contributed by atoms with E-state index in [0.29, 0.717) is 13.2 Å². The van der Waals surface area contributed by atoms with Crippen molar-refractivity contribution in [2.45, 2.75) is 43.1 Å². The number of nitrogens with zero attached hydrogens (tertiary/aromatic N) is 1. The number of rotatable bonds is 3. The molecule has 2 aliphatic heterocycles. The first-order chi connectivity index (χ1) is 10.2. The minimum atomic E-state index is -0.297. The van der Waals surface area contributed by atoms with Gasteiger partial charge < -0.3 is 15.2 Å². The highest BCUT2D eigenvalue weighted by atomic mass is 19.1. The van der Waals surface area contributed by atoms with Crippen LogP contribution in [0.5, 0.6) is 0 Å². The molecular formula is C16H23FN2O2. The van der Waals surface area contributed by atoms with E-state index < -0.39 is 0 Å². The molecule has 2 saturated heterocycles. The monoisotopic (exact) mass is 294 g/mol. The van der Waals surface area contributed by atoms with E-state index in [1.54, 1.807) is 0 Å². The first kappa shape index (κ1) is 14.9. The molecule has 1 atom stereocenters. The molecule has 0 radical (unpaired) electrons. The molecule has 0 aromatic carbocycles. The lowest BCUT2D eigenvalue weighted by Gasteiger charge is -2.49. The molecule has 0 saturated carbocycles. The Kier molecular flexibility index (Phi) is 4.24. The zero-order valence-corrected chi connectivity index (χ0v) is 12.3. The van der Waals surface area contributed by atoms with Gasteiger partial charge in [0, 0.05) is 30.9 Å². The van der Waals surface area contributed by atoms with Crippen molar-refractivity contribution < 1.29 is 13.9 Å². The third kappa shape index (κ3) is 2.96. The third-order valence-corrected chi connectivity index (χ3v) is 4.95. The summed E-state index contributed by atoms with van der Waals surface area (Å²) in [5, 5.41) is 0. The normalized spacial score (nSPS) is 28.7. The van der Waals surface area contributed by atoms with E-state index >= 15 is 0 Å². The van der Waals surface area contributed by atoms with E-state index in [1.165, 1.54) is 12.3 Å². The molecule has 1 aromatic heterocycles. The molecule has 3 rings (SSSR count). The van der Waals surface area contributed by atoms with Crippen LogP contribution < -0.4 is 5.73 Å². The molecule has 0 amide bonds. The van der Waals surface area contributed by atoms with E-state index in [9.17, 15) is 4.39 Å². The van der Waals surface area contributed by atoms with Crippen molar-refractivity contribution in [3.05, 3.63) is 29.8 Å². The van der Waals surface area contributed by atoms with Crippen LogP contribution in [0.15, 0.2) is 18.3 Å². The number of aromatic nitrogens is 1. The number of pyridine rings is 1. The van der Waals surface area contributed by atoms with Crippen molar-refractivity contribution in [2.75, 3.05) is 26.4 Å². The second-order valence-corrected chi connectivity index (χ2v) is 6.25. The fraction of sp³-hybridized carbons (Fsp3) is 0.688. The fourth-order valence-corrected chi connectivity index (χ4v) is 3.81. The van der Waals surface area contributed by atoms with Gasteiger partial charge in [-0.1, -0.05) is 0 Å². The zero-order chi connectivity index (χ0) is 14.8. The second-order valence-electron chi connectivity index (χ2n) is 6.25. The number of nitrogens with two attached hydrogens (primary N) is 1. The van der Waals surface area contributed by atoms with Gasteiger partial charge in [-0.2, -0.15) is 0 Å². The molecule has 1 unspecified atom stereocenters. The number of hydrogen-bond acceptors (Lipinski definition) is 4. The molecule has 4 nitrogen and oxygen atoms in total. The predicted molar refractivity (Wildman–Crippen MR) is 77.5 cm³/mol. The Morgan fingerprint density at radius 1 is 1.19 bits per heavy atom. The summed E-state index contributed by atoms with van der Waals surface area (Å²) in [7, 11) is 0. The lowest BCUT2D eigenvalue weighted by molar-refractivity contribution is -0.154. The molecule has 3 heterocycles. The molecule has 0 aliphatic carbocycles. The van der Waals surface area contributed by atoms with Gasteiger partial charge in [-0.05, 0) is 50.8 Å². The first-order valence-corrected chi connectivity index (χ1v) is 7.72. The molecule has 116 valence electrons. The first-order valence-electron chi connectivity index (χ1n) is 7.72. The molecule has 1 aromatic rings. The Labute approximate surface area is 124 Å². The van der Waals surface area contributed by atoms with Gasteiger partial charge in [-0.25, -0.2) is 4.39 Å². The molecule has 0 bridgehead atoms. The average Bonchev–Trinajstić information content (AvgIpc) is 2.49. The molecule has 2 aliphatic rings. The molecular weight excluding hydrogens is 271 g/mol. The molecule has 2 fully saturated rings. The van der Waals surface area contributed by atoms with Gasteiger partial charge in [0.2, 0.25) is 0 Å². The Balaban J connectivity index is 1.90. The van der Waals surface area contributed by atoms with Crippen LogP contribution in [-0.2, 0) is 14.9 Å². The van der Waals surface area contributed by atoms with Gasteiger partial charge in [-0.15, -0.1) is 0 Å². The Morgan fingerprint density at radius 2 is 2.00 bits per heavy atom. The summed E-state index contributed by atoms with van der Waals surface area (Å²) in [5.41, 5.74) is 6.59.